The minimum atomic E-state index is -3.71. The first kappa shape index (κ1) is 21.8. The van der Waals surface area contributed by atoms with E-state index in [9.17, 15) is 18.0 Å². The highest BCUT2D eigenvalue weighted by Crippen LogP contribution is 2.37. The zero-order valence-corrected chi connectivity index (χ0v) is 18.7. The third kappa shape index (κ3) is 4.47. The fourth-order valence-electron chi connectivity index (χ4n) is 3.49. The minimum absolute atomic E-state index is 0.109. The van der Waals surface area contributed by atoms with E-state index in [2.05, 4.69) is 0 Å². The van der Waals surface area contributed by atoms with Gasteiger partial charge in [-0.1, -0.05) is 18.2 Å². The van der Waals surface area contributed by atoms with E-state index in [1.807, 2.05) is 30.3 Å². The topological polar surface area (TPSA) is 87.2 Å². The summed E-state index contributed by atoms with van der Waals surface area (Å²) in [6.45, 7) is 1.11. The maximum atomic E-state index is 13.1. The number of para-hydroxylation sites is 1. The molecular formula is C21H23N3O5S2. The highest BCUT2D eigenvalue weighted by atomic mass is 32.2. The van der Waals surface area contributed by atoms with Crippen LogP contribution in [0, 0.1) is 0 Å². The van der Waals surface area contributed by atoms with E-state index in [1.54, 1.807) is 19.2 Å². The number of hydrogen-bond donors (Lipinski definition) is 0. The number of thioether (sulfide) groups is 1. The molecule has 10 heteroatoms. The first-order valence-electron chi connectivity index (χ1n) is 9.84. The van der Waals surface area contributed by atoms with Gasteiger partial charge in [0, 0.05) is 30.7 Å². The standard InChI is InChI=1S/C21H23N3O5S2/c1-22(16-5-3-2-4-6-16)20(25)14-24-18-13-17(7-8-19(18)30-15-21(24)26)31(27,28)23-9-11-29-12-10-23/h2-8,13H,9-12,14-15H2,1H3. The van der Waals surface area contributed by atoms with Gasteiger partial charge in [0.05, 0.1) is 29.5 Å². The fraction of sp³-hybridized carbons (Fsp3) is 0.333. The molecule has 2 aromatic carbocycles. The summed E-state index contributed by atoms with van der Waals surface area (Å²) in [5.74, 6) is -0.294. The lowest BCUT2D eigenvalue weighted by molar-refractivity contribution is -0.121. The van der Waals surface area contributed by atoms with E-state index in [0.717, 1.165) is 10.6 Å². The van der Waals surface area contributed by atoms with Gasteiger partial charge in [0.2, 0.25) is 21.8 Å². The van der Waals surface area contributed by atoms with Crippen molar-refractivity contribution >= 4 is 45.0 Å². The molecular weight excluding hydrogens is 438 g/mol. The van der Waals surface area contributed by atoms with Crippen LogP contribution in [0.25, 0.3) is 0 Å². The van der Waals surface area contributed by atoms with Crippen LogP contribution in [0.1, 0.15) is 0 Å². The average Bonchev–Trinajstić information content (AvgIpc) is 2.81. The molecule has 31 heavy (non-hydrogen) atoms. The lowest BCUT2D eigenvalue weighted by Crippen LogP contribution is -2.44. The first-order valence-corrected chi connectivity index (χ1v) is 12.3. The minimum Gasteiger partial charge on any atom is -0.379 e. The zero-order valence-electron chi connectivity index (χ0n) is 17.1. The number of amides is 2. The van der Waals surface area contributed by atoms with Gasteiger partial charge in [-0.2, -0.15) is 4.31 Å². The molecule has 0 N–H and O–H groups in total. The van der Waals surface area contributed by atoms with Crippen molar-refractivity contribution in [3.05, 3.63) is 48.5 Å². The molecule has 164 valence electrons. The summed E-state index contributed by atoms with van der Waals surface area (Å²) in [6, 6.07) is 13.9. The van der Waals surface area contributed by atoms with Gasteiger partial charge in [0.1, 0.15) is 6.54 Å². The lowest BCUT2D eigenvalue weighted by atomic mass is 10.2. The Hall–Kier alpha value is -2.40. The van der Waals surface area contributed by atoms with Gasteiger partial charge >= 0.3 is 0 Å². The second kappa shape index (κ2) is 8.99. The van der Waals surface area contributed by atoms with Gasteiger partial charge in [0.15, 0.2) is 0 Å². The number of sulfonamides is 1. The van der Waals surface area contributed by atoms with E-state index >= 15 is 0 Å². The summed E-state index contributed by atoms with van der Waals surface area (Å²) >= 11 is 1.34. The summed E-state index contributed by atoms with van der Waals surface area (Å²) in [7, 11) is -2.06. The molecule has 0 atom stereocenters. The highest BCUT2D eigenvalue weighted by molar-refractivity contribution is 8.00. The average molecular weight is 462 g/mol. The summed E-state index contributed by atoms with van der Waals surface area (Å²) in [4.78, 5) is 29.3. The largest absolute Gasteiger partial charge is 0.379 e. The smallest absolute Gasteiger partial charge is 0.246 e. The van der Waals surface area contributed by atoms with Gasteiger partial charge in [0.25, 0.3) is 0 Å². The number of morpholine rings is 1. The second-order valence-electron chi connectivity index (χ2n) is 7.20. The molecule has 0 saturated carbocycles. The molecule has 4 rings (SSSR count). The zero-order chi connectivity index (χ0) is 22.0. The van der Waals surface area contributed by atoms with Gasteiger partial charge in [-0.05, 0) is 30.3 Å². The Morgan fingerprint density at radius 2 is 1.84 bits per heavy atom. The van der Waals surface area contributed by atoms with E-state index in [4.69, 9.17) is 4.74 Å². The van der Waals surface area contributed by atoms with E-state index < -0.39 is 10.0 Å². The number of nitrogens with zero attached hydrogens (tertiary/aromatic N) is 3. The molecule has 2 aromatic rings. The summed E-state index contributed by atoms with van der Waals surface area (Å²) in [5.41, 5.74) is 1.17. The SMILES string of the molecule is CN(C(=O)CN1C(=O)CSc2ccc(S(=O)(=O)N3CCOCC3)cc21)c1ccccc1. The predicted molar refractivity (Wildman–Crippen MR) is 119 cm³/mol. The number of carbonyl (C=O) groups excluding carboxylic acids is 2. The number of benzene rings is 2. The molecule has 0 radical (unpaired) electrons. The molecule has 1 fully saturated rings. The van der Waals surface area contributed by atoms with E-state index in [-0.39, 0.29) is 42.1 Å². The van der Waals surface area contributed by atoms with Gasteiger partial charge < -0.3 is 14.5 Å². The summed E-state index contributed by atoms with van der Waals surface area (Å²) < 4.78 is 32.8. The van der Waals surface area contributed by atoms with Gasteiger partial charge in [-0.3, -0.25) is 9.59 Å². The molecule has 0 aromatic heterocycles. The van der Waals surface area contributed by atoms with Crippen LogP contribution in [0.15, 0.2) is 58.3 Å². The van der Waals surface area contributed by atoms with Gasteiger partial charge in [-0.15, -0.1) is 11.8 Å². The van der Waals surface area contributed by atoms with Crippen molar-refractivity contribution in [1.82, 2.24) is 4.31 Å². The molecule has 2 heterocycles. The van der Waals surface area contributed by atoms with Crippen LogP contribution in [0.3, 0.4) is 0 Å². The fourth-order valence-corrected chi connectivity index (χ4v) is 5.83. The molecule has 0 bridgehead atoms. The molecule has 2 aliphatic rings. The Bertz CT molecular complexity index is 1090. The van der Waals surface area contributed by atoms with Crippen molar-refractivity contribution in [2.75, 3.05) is 55.4 Å². The number of ether oxygens (including phenoxy) is 1. The molecule has 0 spiro atoms. The van der Waals surface area contributed by atoms with Crippen molar-refractivity contribution in [1.29, 1.82) is 0 Å². The molecule has 0 unspecified atom stereocenters. The van der Waals surface area contributed by atoms with Crippen molar-refractivity contribution in [3.63, 3.8) is 0 Å². The van der Waals surface area contributed by atoms with Crippen LogP contribution in [-0.2, 0) is 24.3 Å². The van der Waals surface area contributed by atoms with Crippen molar-refractivity contribution in [3.8, 4) is 0 Å². The Morgan fingerprint density at radius 3 is 2.55 bits per heavy atom. The summed E-state index contributed by atoms with van der Waals surface area (Å²) in [5, 5.41) is 0. The number of likely N-dealkylation sites (N-methyl/N-ethyl adjacent to an activating group) is 1. The Kier molecular flexibility index (Phi) is 6.33. The number of carbonyl (C=O) groups is 2. The van der Waals surface area contributed by atoms with Gasteiger partial charge in [-0.25, -0.2) is 8.42 Å². The molecule has 1 saturated heterocycles. The lowest BCUT2D eigenvalue weighted by Gasteiger charge is -2.31. The Balaban J connectivity index is 1.62. The van der Waals surface area contributed by atoms with Crippen LogP contribution in [0.5, 0.6) is 0 Å². The predicted octanol–water partition coefficient (Wildman–Crippen LogP) is 1.81. The second-order valence-corrected chi connectivity index (χ2v) is 10.2. The summed E-state index contributed by atoms with van der Waals surface area (Å²) in [6.07, 6.45) is 0. The van der Waals surface area contributed by atoms with Crippen LogP contribution in [0.4, 0.5) is 11.4 Å². The number of hydrogen-bond acceptors (Lipinski definition) is 6. The Labute approximate surface area is 185 Å². The van der Waals surface area contributed by atoms with Crippen LogP contribution >= 0.6 is 11.8 Å². The van der Waals surface area contributed by atoms with Crippen LogP contribution in [-0.4, -0.2) is 70.2 Å². The number of anilines is 2. The van der Waals surface area contributed by atoms with Crippen molar-refractivity contribution < 1.29 is 22.7 Å². The number of fused-ring (bicyclic) bond motifs is 1. The monoisotopic (exact) mass is 461 g/mol. The van der Waals surface area contributed by atoms with Crippen molar-refractivity contribution in [2.45, 2.75) is 9.79 Å². The normalized spacial score (nSPS) is 17.3. The van der Waals surface area contributed by atoms with Crippen molar-refractivity contribution in [2.24, 2.45) is 0 Å². The molecule has 0 aliphatic carbocycles. The van der Waals surface area contributed by atoms with Crippen LogP contribution < -0.4 is 9.80 Å². The van der Waals surface area contributed by atoms with E-state index in [1.165, 1.54) is 31.9 Å². The highest BCUT2D eigenvalue weighted by Gasteiger charge is 2.32. The molecule has 8 nitrogen and oxygen atoms in total. The van der Waals surface area contributed by atoms with E-state index in [0.29, 0.717) is 18.9 Å². The third-order valence-electron chi connectivity index (χ3n) is 5.29. The molecule has 2 aliphatic heterocycles. The Morgan fingerprint density at radius 1 is 1.13 bits per heavy atom. The number of rotatable bonds is 5. The maximum Gasteiger partial charge on any atom is 0.246 e. The third-order valence-corrected chi connectivity index (χ3v) is 8.23. The molecule has 2 amide bonds. The quantitative estimate of drug-likeness (QED) is 0.675. The maximum absolute atomic E-state index is 13.1. The first-order chi connectivity index (χ1) is 14.9. The van der Waals surface area contributed by atoms with Crippen LogP contribution in [0.2, 0.25) is 0 Å².